The fourth-order valence-corrected chi connectivity index (χ4v) is 9.40. The van der Waals surface area contributed by atoms with E-state index in [1.54, 1.807) is 0 Å². The summed E-state index contributed by atoms with van der Waals surface area (Å²) in [6.45, 7) is 0. The van der Waals surface area contributed by atoms with Crippen molar-refractivity contribution in [2.45, 2.75) is 0 Å². The normalized spacial score (nSPS) is 11.6. The molecule has 5 nitrogen and oxygen atoms in total. The van der Waals surface area contributed by atoms with Crippen LogP contribution >= 0.6 is 0 Å². The fourth-order valence-electron chi connectivity index (χ4n) is 9.40. The number of pyridine rings is 2. The minimum Gasteiger partial charge on any atom is -0.656 e. The Morgan fingerprint density at radius 2 is 1.09 bits per heavy atom. The summed E-state index contributed by atoms with van der Waals surface area (Å²) in [6.07, 6.45) is 1.85. The molecule has 0 aliphatic rings. The predicted octanol–water partition coefficient (Wildman–Crippen LogP) is 14.9. The van der Waals surface area contributed by atoms with E-state index in [0.29, 0.717) is 0 Å². The summed E-state index contributed by atoms with van der Waals surface area (Å²) in [4.78, 5) is 15.9. The van der Waals surface area contributed by atoms with Gasteiger partial charge in [0.15, 0.2) is 0 Å². The maximum absolute atomic E-state index is 6.74. The molecule has 64 heavy (non-hydrogen) atoms. The molecule has 0 atom stereocenters. The smallest absolute Gasteiger partial charge is 0.656 e. The van der Waals surface area contributed by atoms with Crippen LogP contribution in [0.25, 0.3) is 127 Å². The summed E-state index contributed by atoms with van der Waals surface area (Å²) in [5.74, 6) is 0. The van der Waals surface area contributed by atoms with Crippen LogP contribution in [0.4, 0.5) is 0 Å². The van der Waals surface area contributed by atoms with E-state index in [9.17, 15) is 0 Å². The first kappa shape index (κ1) is 37.9. The van der Waals surface area contributed by atoms with Crippen molar-refractivity contribution in [3.63, 3.8) is 0 Å². The number of para-hydroxylation sites is 2. The molecule has 0 saturated heterocycles. The van der Waals surface area contributed by atoms with Crippen molar-refractivity contribution in [1.82, 2.24) is 19.5 Å². The summed E-state index contributed by atoms with van der Waals surface area (Å²) < 4.78 is 8.93. The molecule has 0 amide bonds. The molecule has 13 rings (SSSR count). The predicted molar refractivity (Wildman–Crippen MR) is 258 cm³/mol. The average molecular weight is 998 g/mol. The van der Waals surface area contributed by atoms with E-state index < -0.39 is 0 Å². The summed E-state index contributed by atoms with van der Waals surface area (Å²) in [7, 11) is 0. The number of hydrogen-bond acceptors (Lipinski definition) is 3. The summed E-state index contributed by atoms with van der Waals surface area (Å²) >= 11 is 0. The molecular formula is C58H34N4OPt. The van der Waals surface area contributed by atoms with Gasteiger partial charge in [-0.1, -0.05) is 151 Å². The molecule has 0 fully saturated rings. The van der Waals surface area contributed by atoms with Gasteiger partial charge in [-0.15, -0.1) is 28.7 Å². The van der Waals surface area contributed by atoms with Crippen LogP contribution in [0.2, 0.25) is 0 Å². The number of aromatic nitrogens is 4. The van der Waals surface area contributed by atoms with Gasteiger partial charge in [0.25, 0.3) is 0 Å². The number of fused-ring (bicyclic) bond motifs is 9. The van der Waals surface area contributed by atoms with E-state index >= 15 is 0 Å². The van der Waals surface area contributed by atoms with Crippen molar-refractivity contribution < 1.29 is 25.5 Å². The van der Waals surface area contributed by atoms with Gasteiger partial charge in [-0.25, -0.2) is 4.98 Å². The summed E-state index contributed by atoms with van der Waals surface area (Å²) in [5.41, 5.74) is 16.2. The summed E-state index contributed by atoms with van der Waals surface area (Å²) in [5, 5.41) is 6.39. The third kappa shape index (κ3) is 6.12. The topological polar surface area (TPSA) is 58.0 Å². The van der Waals surface area contributed by atoms with E-state index in [-0.39, 0.29) is 21.1 Å². The Bertz CT molecular complexity index is 3850. The van der Waals surface area contributed by atoms with Gasteiger partial charge in [-0.3, -0.25) is 4.98 Å². The zero-order chi connectivity index (χ0) is 41.4. The second kappa shape index (κ2) is 15.2. The third-order valence-corrected chi connectivity index (χ3v) is 12.4. The quantitative estimate of drug-likeness (QED) is 0.156. The summed E-state index contributed by atoms with van der Waals surface area (Å²) in [6, 6.07) is 74.1. The molecule has 0 N–H and O–H groups in total. The van der Waals surface area contributed by atoms with Crippen LogP contribution < -0.4 is 4.98 Å². The van der Waals surface area contributed by atoms with Crippen LogP contribution in [0, 0.1) is 6.07 Å². The number of hydrogen-bond donors (Lipinski definition) is 0. The maximum Gasteiger partial charge on any atom is 2.00 e. The molecule has 0 unspecified atom stereocenters. The van der Waals surface area contributed by atoms with Gasteiger partial charge in [0.2, 0.25) is 0 Å². The number of furan rings is 1. The van der Waals surface area contributed by atoms with Crippen molar-refractivity contribution in [3.05, 3.63) is 212 Å². The van der Waals surface area contributed by atoms with Crippen molar-refractivity contribution in [2.24, 2.45) is 0 Å². The molecule has 0 saturated carbocycles. The zero-order valence-corrected chi connectivity index (χ0v) is 36.4. The largest absolute Gasteiger partial charge is 2.00 e. The molecular weight excluding hydrogens is 964 g/mol. The Labute approximate surface area is 382 Å². The number of rotatable bonds is 6. The first-order chi connectivity index (χ1) is 31.2. The van der Waals surface area contributed by atoms with Gasteiger partial charge in [0.1, 0.15) is 11.2 Å². The van der Waals surface area contributed by atoms with E-state index in [0.717, 1.165) is 122 Å². The molecule has 0 radical (unpaired) electrons. The van der Waals surface area contributed by atoms with Crippen LogP contribution in [0.1, 0.15) is 0 Å². The van der Waals surface area contributed by atoms with E-state index in [4.69, 9.17) is 19.4 Å². The minimum atomic E-state index is 0. The van der Waals surface area contributed by atoms with Gasteiger partial charge in [0.05, 0.1) is 16.8 Å². The zero-order valence-electron chi connectivity index (χ0n) is 34.1. The molecule has 5 heterocycles. The van der Waals surface area contributed by atoms with Crippen LogP contribution in [0.3, 0.4) is 0 Å². The fraction of sp³-hybridized carbons (Fsp3) is 0. The van der Waals surface area contributed by atoms with Gasteiger partial charge in [-0.2, -0.15) is 0 Å². The SMILES string of the molecule is [Pt+2].[c-]1c(-c2cc(-c3ccccc3)cc(-c3cc(-c4ccccc4)cc4c3[n-]c3ccc(-c5ccccc5)cc34)n2)cc2c(oc3ccccc32)c1-n1c2ccccc2c2cccnc21. The molecule has 6 heteroatoms. The van der Waals surface area contributed by atoms with Gasteiger partial charge < -0.3 is 14.0 Å². The number of benzene rings is 8. The van der Waals surface area contributed by atoms with Crippen molar-refractivity contribution in [1.29, 1.82) is 0 Å². The Morgan fingerprint density at radius 1 is 0.469 bits per heavy atom. The maximum atomic E-state index is 6.74. The standard InChI is InChI=1S/C58H34N4O.Pt/c1-4-15-36(16-5-1)39-26-27-50-46(29-39)47-30-40(37-17-6-2-7-18-37)31-49(56(47)61-50)52-34-41(38-19-8-3-9-20-38)33-51(60-52)42-32-48-44-22-11-13-25-55(44)63-57(48)54(35-42)62-53-24-12-10-21-43(53)45-23-14-28-59-58(45)62;/h1-34H;/q-2;+2. The first-order valence-corrected chi connectivity index (χ1v) is 21.2. The minimum absolute atomic E-state index is 0. The Hall–Kier alpha value is -7.85. The Morgan fingerprint density at radius 3 is 1.86 bits per heavy atom. The average Bonchev–Trinajstić information content (AvgIpc) is 4.04. The molecule has 5 aromatic heterocycles. The molecule has 0 aliphatic heterocycles. The van der Waals surface area contributed by atoms with Crippen molar-refractivity contribution in [3.8, 4) is 61.6 Å². The van der Waals surface area contributed by atoms with Crippen LogP contribution in [0.15, 0.2) is 211 Å². The molecule has 0 bridgehead atoms. The second-order valence-electron chi connectivity index (χ2n) is 16.1. The van der Waals surface area contributed by atoms with Crippen LogP contribution in [0.5, 0.6) is 0 Å². The van der Waals surface area contributed by atoms with Crippen molar-refractivity contribution >= 4 is 65.7 Å². The Balaban J connectivity index is 0.00000433. The van der Waals surface area contributed by atoms with Gasteiger partial charge >= 0.3 is 21.1 Å². The van der Waals surface area contributed by atoms with Crippen LogP contribution in [-0.4, -0.2) is 14.5 Å². The second-order valence-corrected chi connectivity index (χ2v) is 16.1. The van der Waals surface area contributed by atoms with Gasteiger partial charge in [0, 0.05) is 28.0 Å². The molecule has 302 valence electrons. The van der Waals surface area contributed by atoms with E-state index in [1.807, 2.05) is 24.4 Å². The molecule has 8 aromatic carbocycles. The first-order valence-electron chi connectivity index (χ1n) is 21.2. The monoisotopic (exact) mass is 997 g/mol. The molecule has 13 aromatic rings. The molecule has 0 spiro atoms. The van der Waals surface area contributed by atoms with Gasteiger partial charge in [-0.05, 0) is 104 Å². The van der Waals surface area contributed by atoms with E-state index in [2.05, 4.69) is 193 Å². The van der Waals surface area contributed by atoms with Crippen molar-refractivity contribution in [2.75, 3.05) is 0 Å². The third-order valence-electron chi connectivity index (χ3n) is 12.4. The molecule has 0 aliphatic carbocycles. The van der Waals surface area contributed by atoms with Crippen LogP contribution in [-0.2, 0) is 21.1 Å². The van der Waals surface area contributed by atoms with E-state index in [1.165, 1.54) is 5.56 Å². The Kier molecular flexibility index (Phi) is 8.99. The number of nitrogens with zero attached hydrogens (tertiary/aromatic N) is 4.